The molecule has 0 saturated carbocycles. The standard InChI is InChI=1S/C21H27N3O2/c25-19(18-6-1-2-7-18)23-12-4-8-21(9-13-23)10-14-24(20(21)26)16-17-5-3-11-22-15-17/h1-3,5,11,15,18H,4,6-10,12-14,16H2/t21-/m0/s1. The predicted molar refractivity (Wildman–Crippen MR) is 99.0 cm³/mol. The molecule has 1 aliphatic carbocycles. The first-order valence-corrected chi connectivity index (χ1v) is 9.80. The van der Waals surface area contributed by atoms with Gasteiger partial charge in [0.25, 0.3) is 0 Å². The number of aromatic nitrogens is 1. The normalized spacial score (nSPS) is 26.7. The van der Waals surface area contributed by atoms with Crippen molar-refractivity contribution in [1.82, 2.24) is 14.8 Å². The van der Waals surface area contributed by atoms with Crippen molar-refractivity contribution in [1.29, 1.82) is 0 Å². The second-order valence-corrected chi connectivity index (χ2v) is 7.94. The topological polar surface area (TPSA) is 53.5 Å². The van der Waals surface area contributed by atoms with Gasteiger partial charge in [-0.05, 0) is 50.2 Å². The summed E-state index contributed by atoms with van der Waals surface area (Å²) in [5, 5.41) is 0. The highest BCUT2D eigenvalue weighted by Gasteiger charge is 2.47. The number of amides is 2. The van der Waals surface area contributed by atoms with E-state index >= 15 is 0 Å². The first-order chi connectivity index (χ1) is 12.7. The summed E-state index contributed by atoms with van der Waals surface area (Å²) in [4.78, 5) is 34.0. The van der Waals surface area contributed by atoms with Gasteiger partial charge < -0.3 is 9.80 Å². The summed E-state index contributed by atoms with van der Waals surface area (Å²) in [6.07, 6.45) is 13.1. The molecule has 138 valence electrons. The van der Waals surface area contributed by atoms with Gasteiger partial charge in [-0.1, -0.05) is 18.2 Å². The average Bonchev–Trinajstić information content (AvgIpc) is 3.23. The molecule has 5 nitrogen and oxygen atoms in total. The maximum atomic E-state index is 13.2. The van der Waals surface area contributed by atoms with Crippen LogP contribution in [-0.2, 0) is 16.1 Å². The Bertz CT molecular complexity index is 694. The van der Waals surface area contributed by atoms with E-state index < -0.39 is 0 Å². The molecule has 2 saturated heterocycles. The lowest BCUT2D eigenvalue weighted by molar-refractivity contribution is -0.138. The molecule has 1 aromatic heterocycles. The maximum Gasteiger partial charge on any atom is 0.229 e. The number of hydrogen-bond donors (Lipinski definition) is 0. The van der Waals surface area contributed by atoms with Crippen LogP contribution in [0.15, 0.2) is 36.7 Å². The Labute approximate surface area is 155 Å². The molecule has 26 heavy (non-hydrogen) atoms. The fourth-order valence-corrected chi connectivity index (χ4v) is 4.71. The molecule has 0 bridgehead atoms. The zero-order valence-corrected chi connectivity index (χ0v) is 15.3. The molecule has 0 N–H and O–H groups in total. The van der Waals surface area contributed by atoms with Gasteiger partial charge >= 0.3 is 0 Å². The Balaban J connectivity index is 1.40. The highest BCUT2D eigenvalue weighted by Crippen LogP contribution is 2.42. The third kappa shape index (κ3) is 3.27. The largest absolute Gasteiger partial charge is 0.342 e. The third-order valence-corrected chi connectivity index (χ3v) is 6.31. The van der Waals surface area contributed by atoms with Crippen molar-refractivity contribution in [3.05, 3.63) is 42.2 Å². The fourth-order valence-electron chi connectivity index (χ4n) is 4.71. The van der Waals surface area contributed by atoms with Crippen LogP contribution in [0.3, 0.4) is 0 Å². The van der Waals surface area contributed by atoms with Crippen molar-refractivity contribution < 1.29 is 9.59 Å². The molecule has 3 heterocycles. The van der Waals surface area contributed by atoms with E-state index in [0.717, 1.165) is 63.7 Å². The van der Waals surface area contributed by atoms with Crippen molar-refractivity contribution >= 4 is 11.8 Å². The first-order valence-electron chi connectivity index (χ1n) is 9.80. The Morgan fingerprint density at radius 3 is 2.73 bits per heavy atom. The Morgan fingerprint density at radius 1 is 1.15 bits per heavy atom. The van der Waals surface area contributed by atoms with Crippen LogP contribution in [0.4, 0.5) is 0 Å². The molecule has 2 fully saturated rings. The molecule has 5 heteroatoms. The van der Waals surface area contributed by atoms with Crippen LogP contribution < -0.4 is 0 Å². The molecule has 1 atom stereocenters. The molecule has 2 amide bonds. The van der Waals surface area contributed by atoms with Gasteiger partial charge in [0.2, 0.25) is 11.8 Å². The van der Waals surface area contributed by atoms with Gasteiger partial charge in [-0.3, -0.25) is 14.6 Å². The predicted octanol–water partition coefficient (Wildman–Crippen LogP) is 2.78. The number of nitrogens with zero attached hydrogens (tertiary/aromatic N) is 3. The molecule has 1 spiro atoms. The minimum absolute atomic E-state index is 0.130. The van der Waals surface area contributed by atoms with Gasteiger partial charge in [0.1, 0.15) is 0 Å². The quantitative estimate of drug-likeness (QED) is 0.785. The molecule has 3 aliphatic rings. The van der Waals surface area contributed by atoms with E-state index in [1.165, 1.54) is 0 Å². The van der Waals surface area contributed by atoms with Crippen LogP contribution >= 0.6 is 0 Å². The highest BCUT2D eigenvalue weighted by atomic mass is 16.2. The Kier molecular flexibility index (Phi) is 4.79. The van der Waals surface area contributed by atoms with E-state index in [-0.39, 0.29) is 23.1 Å². The van der Waals surface area contributed by atoms with Crippen LogP contribution in [0, 0.1) is 11.3 Å². The lowest BCUT2D eigenvalue weighted by Crippen LogP contribution is -2.38. The molecular weight excluding hydrogens is 326 g/mol. The van der Waals surface area contributed by atoms with Gasteiger partial charge in [0.05, 0.1) is 5.41 Å². The average molecular weight is 353 g/mol. The Hall–Kier alpha value is -2.17. The summed E-state index contributed by atoms with van der Waals surface area (Å²) in [5.74, 6) is 0.688. The van der Waals surface area contributed by atoms with E-state index in [4.69, 9.17) is 0 Å². The lowest BCUT2D eigenvalue weighted by Gasteiger charge is -2.27. The van der Waals surface area contributed by atoms with E-state index in [2.05, 4.69) is 17.1 Å². The molecule has 0 radical (unpaired) electrons. The molecular formula is C21H27N3O2. The van der Waals surface area contributed by atoms with Gasteiger partial charge in [-0.15, -0.1) is 0 Å². The lowest BCUT2D eigenvalue weighted by atomic mass is 9.79. The summed E-state index contributed by atoms with van der Waals surface area (Å²) < 4.78 is 0. The van der Waals surface area contributed by atoms with Gasteiger partial charge in [0, 0.05) is 44.5 Å². The minimum Gasteiger partial charge on any atom is -0.342 e. The van der Waals surface area contributed by atoms with Crippen molar-refractivity contribution in [2.45, 2.75) is 45.1 Å². The number of rotatable bonds is 3. The van der Waals surface area contributed by atoms with Crippen molar-refractivity contribution in [2.75, 3.05) is 19.6 Å². The van der Waals surface area contributed by atoms with Crippen LogP contribution in [0.2, 0.25) is 0 Å². The maximum absolute atomic E-state index is 13.2. The van der Waals surface area contributed by atoms with Gasteiger partial charge in [-0.2, -0.15) is 0 Å². The SMILES string of the molecule is O=C(C1CC=CC1)N1CCC[C@]2(CC1)CCN(Cc1cccnc1)C2=O. The summed E-state index contributed by atoms with van der Waals surface area (Å²) in [7, 11) is 0. The number of carbonyl (C=O) groups excluding carboxylic acids is 2. The second kappa shape index (κ2) is 7.22. The summed E-state index contributed by atoms with van der Waals surface area (Å²) in [6.45, 7) is 2.98. The summed E-state index contributed by atoms with van der Waals surface area (Å²) in [6, 6.07) is 3.94. The number of carbonyl (C=O) groups is 2. The molecule has 1 aromatic rings. The first kappa shape index (κ1) is 17.3. The van der Waals surface area contributed by atoms with Crippen LogP contribution in [0.25, 0.3) is 0 Å². The van der Waals surface area contributed by atoms with Crippen LogP contribution in [0.5, 0.6) is 0 Å². The number of hydrogen-bond acceptors (Lipinski definition) is 3. The van der Waals surface area contributed by atoms with Crippen LogP contribution in [-0.4, -0.2) is 46.2 Å². The van der Waals surface area contributed by atoms with E-state index in [1.54, 1.807) is 6.20 Å². The van der Waals surface area contributed by atoms with Crippen LogP contribution in [0.1, 0.15) is 44.1 Å². The minimum atomic E-state index is -0.259. The van der Waals surface area contributed by atoms with Gasteiger partial charge in [0.15, 0.2) is 0 Å². The van der Waals surface area contributed by atoms with E-state index in [0.29, 0.717) is 6.54 Å². The summed E-state index contributed by atoms with van der Waals surface area (Å²) >= 11 is 0. The number of allylic oxidation sites excluding steroid dienone is 2. The van der Waals surface area contributed by atoms with Crippen molar-refractivity contribution in [3.63, 3.8) is 0 Å². The molecule has 4 rings (SSSR count). The number of likely N-dealkylation sites (tertiary alicyclic amines) is 2. The van der Waals surface area contributed by atoms with Gasteiger partial charge in [-0.25, -0.2) is 0 Å². The van der Waals surface area contributed by atoms with E-state index in [9.17, 15) is 9.59 Å². The number of pyridine rings is 1. The summed E-state index contributed by atoms with van der Waals surface area (Å²) in [5.41, 5.74) is 0.822. The van der Waals surface area contributed by atoms with Crippen molar-refractivity contribution in [2.24, 2.45) is 11.3 Å². The molecule has 0 aromatic carbocycles. The molecule has 0 unspecified atom stereocenters. The fraction of sp³-hybridized carbons (Fsp3) is 0.571. The third-order valence-electron chi connectivity index (χ3n) is 6.31. The zero-order chi connectivity index (χ0) is 18.0. The smallest absolute Gasteiger partial charge is 0.229 e. The highest BCUT2D eigenvalue weighted by molar-refractivity contribution is 5.85. The van der Waals surface area contributed by atoms with Crippen molar-refractivity contribution in [3.8, 4) is 0 Å². The Morgan fingerprint density at radius 2 is 1.96 bits per heavy atom. The van der Waals surface area contributed by atoms with E-state index in [1.807, 2.05) is 28.1 Å². The zero-order valence-electron chi connectivity index (χ0n) is 15.3. The monoisotopic (exact) mass is 353 g/mol. The molecule has 2 aliphatic heterocycles. The second-order valence-electron chi connectivity index (χ2n) is 7.94.